The Balaban J connectivity index is 1.80. The van der Waals surface area contributed by atoms with Crippen LogP contribution in [-0.2, 0) is 0 Å². The van der Waals surface area contributed by atoms with Gasteiger partial charge in [0.25, 0.3) is 0 Å². The molecule has 0 aliphatic carbocycles. The maximum absolute atomic E-state index is 4.60. The molecule has 1 atom stereocenters. The van der Waals surface area contributed by atoms with Crippen molar-refractivity contribution in [3.05, 3.63) is 41.9 Å². The molecular weight excluding hydrogens is 298 g/mol. The van der Waals surface area contributed by atoms with Crippen LogP contribution in [-0.4, -0.2) is 32.8 Å². The van der Waals surface area contributed by atoms with Gasteiger partial charge in [-0.25, -0.2) is 14.6 Å². The predicted octanol–water partition coefficient (Wildman–Crippen LogP) is 3.67. The summed E-state index contributed by atoms with van der Waals surface area (Å²) in [6.07, 6.45) is 6.08. The summed E-state index contributed by atoms with van der Waals surface area (Å²) in [5, 5.41) is 5.63. The monoisotopic (exact) mass is 321 g/mol. The lowest BCUT2D eigenvalue weighted by Gasteiger charge is -2.31. The van der Waals surface area contributed by atoms with E-state index in [0.29, 0.717) is 5.92 Å². The zero-order valence-corrected chi connectivity index (χ0v) is 14.5. The van der Waals surface area contributed by atoms with Gasteiger partial charge in [0.05, 0.1) is 17.3 Å². The van der Waals surface area contributed by atoms with Gasteiger partial charge in [0.2, 0.25) is 0 Å². The Morgan fingerprint density at radius 3 is 2.79 bits per heavy atom. The fraction of sp³-hybridized carbons (Fsp3) is 0.421. The van der Waals surface area contributed by atoms with Crippen LogP contribution in [0.5, 0.6) is 0 Å². The molecular formula is C19H23N5. The predicted molar refractivity (Wildman–Crippen MR) is 96.7 cm³/mol. The summed E-state index contributed by atoms with van der Waals surface area (Å²) in [5.74, 6) is 1.72. The van der Waals surface area contributed by atoms with E-state index in [-0.39, 0.29) is 0 Å². The lowest BCUT2D eigenvalue weighted by molar-refractivity contribution is 0.445. The van der Waals surface area contributed by atoms with E-state index in [1.807, 2.05) is 10.9 Å². The van der Waals surface area contributed by atoms with Gasteiger partial charge in [0, 0.05) is 13.1 Å². The van der Waals surface area contributed by atoms with Gasteiger partial charge in [0.1, 0.15) is 12.1 Å². The summed E-state index contributed by atoms with van der Waals surface area (Å²) in [4.78, 5) is 11.5. The molecule has 1 saturated heterocycles. The topological polar surface area (TPSA) is 46.8 Å². The van der Waals surface area contributed by atoms with Crippen molar-refractivity contribution in [2.75, 3.05) is 18.0 Å². The number of fused-ring (bicyclic) bond motifs is 1. The Kier molecular flexibility index (Phi) is 3.71. The number of hydrogen-bond donors (Lipinski definition) is 0. The average molecular weight is 321 g/mol. The van der Waals surface area contributed by atoms with Gasteiger partial charge in [-0.15, -0.1) is 0 Å². The smallest absolute Gasteiger partial charge is 0.168 e. The van der Waals surface area contributed by atoms with Gasteiger partial charge in [-0.3, -0.25) is 0 Å². The molecule has 0 saturated carbocycles. The maximum Gasteiger partial charge on any atom is 0.168 e. The van der Waals surface area contributed by atoms with Gasteiger partial charge in [-0.05, 0) is 55.9 Å². The van der Waals surface area contributed by atoms with Crippen LogP contribution in [0.2, 0.25) is 0 Å². The molecule has 1 aliphatic heterocycles. The normalized spacial score (nSPS) is 18.3. The van der Waals surface area contributed by atoms with Crippen molar-refractivity contribution in [2.24, 2.45) is 5.92 Å². The third-order valence-electron chi connectivity index (χ3n) is 5.04. The summed E-state index contributed by atoms with van der Waals surface area (Å²) in [6.45, 7) is 8.67. The van der Waals surface area contributed by atoms with Crippen LogP contribution < -0.4 is 4.90 Å². The van der Waals surface area contributed by atoms with E-state index in [4.69, 9.17) is 0 Å². The van der Waals surface area contributed by atoms with Crippen LogP contribution in [0.4, 0.5) is 5.82 Å². The first-order chi connectivity index (χ1) is 11.6. The maximum atomic E-state index is 4.60. The molecule has 3 aromatic rings. The molecule has 2 aromatic heterocycles. The molecule has 0 radical (unpaired) electrons. The fourth-order valence-corrected chi connectivity index (χ4v) is 3.51. The molecule has 0 bridgehead atoms. The van der Waals surface area contributed by atoms with E-state index in [9.17, 15) is 0 Å². The van der Waals surface area contributed by atoms with Crippen LogP contribution in [0.3, 0.4) is 0 Å². The lowest BCUT2D eigenvalue weighted by atomic mass is 10.0. The Labute approximate surface area is 142 Å². The zero-order chi connectivity index (χ0) is 16.7. The second kappa shape index (κ2) is 5.89. The minimum Gasteiger partial charge on any atom is -0.356 e. The number of benzene rings is 1. The van der Waals surface area contributed by atoms with Crippen LogP contribution in [0.25, 0.3) is 16.7 Å². The van der Waals surface area contributed by atoms with Crippen molar-refractivity contribution in [2.45, 2.75) is 33.6 Å². The largest absolute Gasteiger partial charge is 0.356 e. The summed E-state index contributed by atoms with van der Waals surface area (Å²) >= 11 is 0. The van der Waals surface area contributed by atoms with E-state index < -0.39 is 0 Å². The average Bonchev–Trinajstić information content (AvgIpc) is 3.01. The first-order valence-electron chi connectivity index (χ1n) is 8.65. The molecule has 1 aromatic carbocycles. The first-order valence-corrected chi connectivity index (χ1v) is 8.65. The van der Waals surface area contributed by atoms with Crippen molar-refractivity contribution < 1.29 is 0 Å². The third-order valence-corrected chi connectivity index (χ3v) is 5.04. The molecule has 3 heterocycles. The molecule has 0 N–H and O–H groups in total. The number of aromatic nitrogens is 4. The van der Waals surface area contributed by atoms with Gasteiger partial charge in [0.15, 0.2) is 5.65 Å². The zero-order valence-electron chi connectivity index (χ0n) is 14.5. The minimum absolute atomic E-state index is 0.707. The first kappa shape index (κ1) is 15.1. The van der Waals surface area contributed by atoms with Crippen molar-refractivity contribution >= 4 is 16.9 Å². The molecule has 5 heteroatoms. The standard InChI is InChI=1S/C19H23N5/c1-13-5-4-8-23(11-13)18-17-10-22-24(19(17)21-12-20-18)16-7-6-14(2)15(3)9-16/h6-7,9-10,12-13H,4-5,8,11H2,1-3H3/t13-/m1/s1. The number of piperidine rings is 1. The SMILES string of the molecule is Cc1ccc(-n2ncc3c(N4CCC[C@@H](C)C4)ncnc32)cc1C. The summed E-state index contributed by atoms with van der Waals surface area (Å²) in [7, 11) is 0. The molecule has 124 valence electrons. The number of nitrogens with zero attached hydrogens (tertiary/aromatic N) is 5. The molecule has 1 aliphatic rings. The fourth-order valence-electron chi connectivity index (χ4n) is 3.51. The van der Waals surface area contributed by atoms with Crippen molar-refractivity contribution in [3.8, 4) is 5.69 Å². The molecule has 4 rings (SSSR count). The second-order valence-electron chi connectivity index (χ2n) is 6.95. The Hall–Kier alpha value is -2.43. The quantitative estimate of drug-likeness (QED) is 0.722. The summed E-state index contributed by atoms with van der Waals surface area (Å²) in [6, 6.07) is 6.39. The van der Waals surface area contributed by atoms with Gasteiger partial charge < -0.3 is 4.90 Å². The van der Waals surface area contributed by atoms with Gasteiger partial charge in [-0.1, -0.05) is 13.0 Å². The van der Waals surface area contributed by atoms with E-state index >= 15 is 0 Å². The van der Waals surface area contributed by atoms with E-state index in [1.54, 1.807) is 6.33 Å². The summed E-state index contributed by atoms with van der Waals surface area (Å²) < 4.78 is 1.92. The minimum atomic E-state index is 0.707. The van der Waals surface area contributed by atoms with Gasteiger partial charge >= 0.3 is 0 Å². The lowest BCUT2D eigenvalue weighted by Crippen LogP contribution is -2.34. The van der Waals surface area contributed by atoms with Crippen molar-refractivity contribution in [3.63, 3.8) is 0 Å². The highest BCUT2D eigenvalue weighted by Crippen LogP contribution is 2.28. The second-order valence-corrected chi connectivity index (χ2v) is 6.95. The Morgan fingerprint density at radius 1 is 1.12 bits per heavy atom. The van der Waals surface area contributed by atoms with E-state index in [0.717, 1.165) is 35.6 Å². The molecule has 0 amide bonds. The van der Waals surface area contributed by atoms with Gasteiger partial charge in [-0.2, -0.15) is 5.10 Å². The molecule has 5 nitrogen and oxygen atoms in total. The number of aryl methyl sites for hydroxylation is 2. The van der Waals surface area contributed by atoms with E-state index in [2.05, 4.69) is 58.9 Å². The summed E-state index contributed by atoms with van der Waals surface area (Å²) in [5.41, 5.74) is 4.47. The molecule has 0 spiro atoms. The van der Waals surface area contributed by atoms with Crippen molar-refractivity contribution in [1.82, 2.24) is 19.7 Å². The van der Waals surface area contributed by atoms with Crippen LogP contribution >= 0.6 is 0 Å². The molecule has 24 heavy (non-hydrogen) atoms. The van der Waals surface area contributed by atoms with Crippen LogP contribution in [0.1, 0.15) is 30.9 Å². The number of anilines is 1. The Morgan fingerprint density at radius 2 is 2.00 bits per heavy atom. The highest BCUT2D eigenvalue weighted by molar-refractivity contribution is 5.87. The third kappa shape index (κ3) is 2.54. The van der Waals surface area contributed by atoms with E-state index in [1.165, 1.54) is 24.0 Å². The molecule has 0 unspecified atom stereocenters. The van der Waals surface area contributed by atoms with Crippen molar-refractivity contribution in [1.29, 1.82) is 0 Å². The highest BCUT2D eigenvalue weighted by atomic mass is 15.3. The van der Waals surface area contributed by atoms with Crippen LogP contribution in [0, 0.1) is 19.8 Å². The van der Waals surface area contributed by atoms with Crippen LogP contribution in [0.15, 0.2) is 30.7 Å². The Bertz CT molecular complexity index is 883. The number of rotatable bonds is 2. The highest BCUT2D eigenvalue weighted by Gasteiger charge is 2.21. The molecule has 1 fully saturated rings. The number of hydrogen-bond acceptors (Lipinski definition) is 4.